The van der Waals surface area contributed by atoms with Crippen LogP contribution >= 0.6 is 34.8 Å². The standard InChI is InChI=1S/C12H6Cl3FN2O2/c13-7-3-5(16)4-8(14)10(7)18-11-6(12(19)20)1-2-9(15)17-11/h1-4H,(H,17,18)(H,19,20). The lowest BCUT2D eigenvalue weighted by atomic mass is 10.2. The number of nitrogens with zero attached hydrogens (tertiary/aromatic N) is 1. The van der Waals surface area contributed by atoms with E-state index in [9.17, 15) is 9.18 Å². The largest absolute Gasteiger partial charge is 0.478 e. The first kappa shape index (κ1) is 14.8. The summed E-state index contributed by atoms with van der Waals surface area (Å²) >= 11 is 17.4. The molecule has 0 aliphatic carbocycles. The number of halogens is 4. The second kappa shape index (κ2) is 5.83. The summed E-state index contributed by atoms with van der Waals surface area (Å²) in [6.07, 6.45) is 0. The van der Waals surface area contributed by atoms with E-state index in [1.165, 1.54) is 12.1 Å². The zero-order chi connectivity index (χ0) is 14.9. The second-order valence-electron chi connectivity index (χ2n) is 3.70. The lowest BCUT2D eigenvalue weighted by molar-refractivity contribution is 0.0697. The number of hydrogen-bond acceptors (Lipinski definition) is 3. The molecule has 2 N–H and O–H groups in total. The molecule has 1 aromatic heterocycles. The van der Waals surface area contributed by atoms with Crippen LogP contribution in [0.4, 0.5) is 15.9 Å². The summed E-state index contributed by atoms with van der Waals surface area (Å²) < 4.78 is 13.1. The molecule has 2 aromatic rings. The van der Waals surface area contributed by atoms with Crippen molar-refractivity contribution in [1.82, 2.24) is 4.98 Å². The van der Waals surface area contributed by atoms with Crippen LogP contribution in [-0.4, -0.2) is 16.1 Å². The van der Waals surface area contributed by atoms with Crippen LogP contribution in [0, 0.1) is 5.82 Å². The van der Waals surface area contributed by atoms with E-state index in [4.69, 9.17) is 39.9 Å². The third-order valence-electron chi connectivity index (χ3n) is 2.34. The molecule has 1 aromatic carbocycles. The molecular formula is C12H6Cl3FN2O2. The van der Waals surface area contributed by atoms with Crippen LogP contribution in [0.15, 0.2) is 24.3 Å². The van der Waals surface area contributed by atoms with Gasteiger partial charge in [-0.3, -0.25) is 0 Å². The summed E-state index contributed by atoms with van der Waals surface area (Å²) in [5.41, 5.74) is 0.0258. The Kier molecular flexibility index (Phi) is 4.32. The minimum absolute atomic E-state index is 0.00638. The van der Waals surface area contributed by atoms with Gasteiger partial charge in [0.15, 0.2) is 0 Å². The molecule has 0 fully saturated rings. The quantitative estimate of drug-likeness (QED) is 0.803. The van der Waals surface area contributed by atoms with Crippen LogP contribution in [0.3, 0.4) is 0 Å². The van der Waals surface area contributed by atoms with Gasteiger partial charge in [-0.25, -0.2) is 14.2 Å². The van der Waals surface area contributed by atoms with Crippen molar-refractivity contribution in [1.29, 1.82) is 0 Å². The number of aromatic nitrogens is 1. The maximum atomic E-state index is 13.1. The summed E-state index contributed by atoms with van der Waals surface area (Å²) in [4.78, 5) is 15.0. The Balaban J connectivity index is 2.50. The predicted molar refractivity (Wildman–Crippen MR) is 75.9 cm³/mol. The molecular weight excluding hydrogens is 330 g/mol. The molecule has 1 heterocycles. The van der Waals surface area contributed by atoms with Crippen LogP contribution in [0.5, 0.6) is 0 Å². The van der Waals surface area contributed by atoms with Crippen LogP contribution in [0.1, 0.15) is 10.4 Å². The number of hydrogen-bond donors (Lipinski definition) is 2. The SMILES string of the molecule is O=C(O)c1ccc(Cl)nc1Nc1c(Cl)cc(F)cc1Cl. The number of carboxylic acid groups (broad SMARTS) is 1. The molecule has 8 heteroatoms. The molecule has 20 heavy (non-hydrogen) atoms. The summed E-state index contributed by atoms with van der Waals surface area (Å²) in [5.74, 6) is -1.85. The molecule has 4 nitrogen and oxygen atoms in total. The van der Waals surface area contributed by atoms with Crippen molar-refractivity contribution in [3.8, 4) is 0 Å². The average Bonchev–Trinajstić information content (AvgIpc) is 2.33. The number of carboxylic acids is 1. The van der Waals surface area contributed by atoms with Crippen molar-refractivity contribution < 1.29 is 14.3 Å². The van der Waals surface area contributed by atoms with Crippen molar-refractivity contribution >= 4 is 52.3 Å². The van der Waals surface area contributed by atoms with E-state index in [-0.39, 0.29) is 32.3 Å². The molecule has 104 valence electrons. The second-order valence-corrected chi connectivity index (χ2v) is 4.91. The molecule has 0 bridgehead atoms. The van der Waals surface area contributed by atoms with Crippen LogP contribution in [-0.2, 0) is 0 Å². The van der Waals surface area contributed by atoms with Gasteiger partial charge in [0.2, 0.25) is 0 Å². The zero-order valence-electron chi connectivity index (χ0n) is 9.62. The number of aromatic carboxylic acids is 1. The Morgan fingerprint density at radius 2 is 1.80 bits per heavy atom. The van der Waals surface area contributed by atoms with E-state index in [2.05, 4.69) is 10.3 Å². The van der Waals surface area contributed by atoms with Crippen molar-refractivity contribution in [3.63, 3.8) is 0 Å². The maximum absolute atomic E-state index is 13.1. The number of rotatable bonds is 3. The van der Waals surface area contributed by atoms with E-state index in [1.807, 2.05) is 0 Å². The lowest BCUT2D eigenvalue weighted by Gasteiger charge is -2.12. The van der Waals surface area contributed by atoms with Gasteiger partial charge in [-0.2, -0.15) is 0 Å². The normalized spacial score (nSPS) is 10.4. The number of nitrogens with one attached hydrogen (secondary N) is 1. The summed E-state index contributed by atoms with van der Waals surface area (Å²) in [6, 6.07) is 4.71. The number of carbonyl (C=O) groups is 1. The Bertz CT molecular complexity index is 671. The highest BCUT2D eigenvalue weighted by molar-refractivity contribution is 6.39. The average molecular weight is 336 g/mol. The van der Waals surface area contributed by atoms with Gasteiger partial charge in [0.1, 0.15) is 22.4 Å². The van der Waals surface area contributed by atoms with Gasteiger partial charge in [-0.05, 0) is 24.3 Å². The van der Waals surface area contributed by atoms with Gasteiger partial charge in [0.05, 0.1) is 15.7 Å². The van der Waals surface area contributed by atoms with Gasteiger partial charge >= 0.3 is 5.97 Å². The highest BCUT2D eigenvalue weighted by Crippen LogP contribution is 2.34. The van der Waals surface area contributed by atoms with Gasteiger partial charge < -0.3 is 10.4 Å². The Morgan fingerprint density at radius 1 is 1.20 bits per heavy atom. The monoisotopic (exact) mass is 334 g/mol. The van der Waals surface area contributed by atoms with Crippen LogP contribution < -0.4 is 5.32 Å². The predicted octanol–water partition coefficient (Wildman–Crippen LogP) is 4.62. The van der Waals surface area contributed by atoms with Crippen molar-refractivity contribution in [2.75, 3.05) is 5.32 Å². The van der Waals surface area contributed by atoms with E-state index in [0.717, 1.165) is 12.1 Å². The molecule has 0 unspecified atom stereocenters. The zero-order valence-corrected chi connectivity index (χ0v) is 11.9. The van der Waals surface area contributed by atoms with Crippen LogP contribution in [0.25, 0.3) is 0 Å². The molecule has 0 saturated heterocycles. The highest BCUT2D eigenvalue weighted by atomic mass is 35.5. The fraction of sp³-hybridized carbons (Fsp3) is 0. The van der Waals surface area contributed by atoms with Crippen molar-refractivity contribution in [3.05, 3.63) is 50.8 Å². The fourth-order valence-electron chi connectivity index (χ4n) is 1.48. The van der Waals surface area contributed by atoms with E-state index >= 15 is 0 Å². The molecule has 2 rings (SSSR count). The number of benzene rings is 1. The smallest absolute Gasteiger partial charge is 0.339 e. The van der Waals surface area contributed by atoms with Gasteiger partial charge in [-0.1, -0.05) is 34.8 Å². The fourth-order valence-corrected chi connectivity index (χ4v) is 2.19. The third-order valence-corrected chi connectivity index (χ3v) is 3.15. The molecule has 0 atom stereocenters. The highest BCUT2D eigenvalue weighted by Gasteiger charge is 2.16. The molecule has 0 amide bonds. The van der Waals surface area contributed by atoms with Crippen LogP contribution in [0.2, 0.25) is 15.2 Å². The third kappa shape index (κ3) is 3.12. The van der Waals surface area contributed by atoms with Gasteiger partial charge in [0.25, 0.3) is 0 Å². The topological polar surface area (TPSA) is 62.2 Å². The minimum atomic E-state index is -1.20. The number of anilines is 2. The summed E-state index contributed by atoms with van der Waals surface area (Å²) in [5, 5.41) is 11.8. The first-order valence-corrected chi connectivity index (χ1v) is 6.33. The van der Waals surface area contributed by atoms with E-state index in [0.29, 0.717) is 0 Å². The molecule has 0 radical (unpaired) electrons. The van der Waals surface area contributed by atoms with Crippen molar-refractivity contribution in [2.45, 2.75) is 0 Å². The van der Waals surface area contributed by atoms with Gasteiger partial charge in [-0.15, -0.1) is 0 Å². The van der Waals surface area contributed by atoms with E-state index < -0.39 is 11.8 Å². The Hall–Kier alpha value is -1.56. The molecule has 0 spiro atoms. The lowest BCUT2D eigenvalue weighted by Crippen LogP contribution is -2.05. The van der Waals surface area contributed by atoms with Gasteiger partial charge in [0, 0.05) is 0 Å². The Labute approximate surface area is 128 Å². The first-order chi connectivity index (χ1) is 9.38. The molecule has 0 aliphatic rings. The minimum Gasteiger partial charge on any atom is -0.478 e. The first-order valence-electron chi connectivity index (χ1n) is 5.20. The maximum Gasteiger partial charge on any atom is 0.339 e. The summed E-state index contributed by atoms with van der Waals surface area (Å²) in [6.45, 7) is 0. The number of pyridine rings is 1. The Morgan fingerprint density at radius 3 is 2.35 bits per heavy atom. The molecule has 0 saturated carbocycles. The van der Waals surface area contributed by atoms with Crippen molar-refractivity contribution in [2.24, 2.45) is 0 Å². The summed E-state index contributed by atoms with van der Waals surface area (Å²) in [7, 11) is 0. The van der Waals surface area contributed by atoms with E-state index in [1.54, 1.807) is 0 Å². The molecule has 0 aliphatic heterocycles.